The molecule has 1 amide bonds. The number of fused-ring (bicyclic) bond motifs is 1. The molecule has 0 aliphatic carbocycles. The van der Waals surface area contributed by atoms with Crippen LogP contribution in [0.5, 0.6) is 11.5 Å². The minimum absolute atomic E-state index is 0.109. The smallest absolute Gasteiger partial charge is 0.264 e. The lowest BCUT2D eigenvalue weighted by atomic mass is 10.1. The molecule has 1 N–H and O–H groups in total. The van der Waals surface area contributed by atoms with Crippen molar-refractivity contribution in [1.29, 1.82) is 0 Å². The summed E-state index contributed by atoms with van der Waals surface area (Å²) in [6.07, 6.45) is 1.13. The van der Waals surface area contributed by atoms with Crippen LogP contribution in [0.4, 0.5) is 5.13 Å². The minimum atomic E-state index is -3.32. The standard InChI is InChI=1S/C19H18N2O6S2/c1-11(22)12-4-7-15(16(8-12)26-2)27-10-18(23)21-19-20-14-6-5-13(29(3,24)25)9-17(14)28-19/h4-9H,10H2,1-3H3,(H,20,21,23). The van der Waals surface area contributed by atoms with Gasteiger partial charge in [0.2, 0.25) is 0 Å². The zero-order chi connectivity index (χ0) is 21.2. The highest BCUT2D eigenvalue weighted by molar-refractivity contribution is 7.90. The highest BCUT2D eigenvalue weighted by Crippen LogP contribution is 2.29. The minimum Gasteiger partial charge on any atom is -0.493 e. The fourth-order valence-electron chi connectivity index (χ4n) is 2.49. The average molecular weight is 434 g/mol. The van der Waals surface area contributed by atoms with E-state index < -0.39 is 15.7 Å². The molecule has 0 unspecified atom stereocenters. The number of ether oxygens (including phenoxy) is 2. The summed E-state index contributed by atoms with van der Waals surface area (Å²) >= 11 is 1.17. The molecule has 1 aromatic heterocycles. The lowest BCUT2D eigenvalue weighted by Gasteiger charge is -2.11. The molecule has 0 fully saturated rings. The van der Waals surface area contributed by atoms with E-state index in [9.17, 15) is 18.0 Å². The van der Waals surface area contributed by atoms with Gasteiger partial charge in [-0.05, 0) is 43.3 Å². The maximum absolute atomic E-state index is 12.2. The number of anilines is 1. The molecule has 0 atom stereocenters. The van der Waals surface area contributed by atoms with Crippen LogP contribution in [0.15, 0.2) is 41.3 Å². The third-order valence-corrected chi connectivity index (χ3v) is 6.01. The van der Waals surface area contributed by atoms with Gasteiger partial charge in [0.1, 0.15) is 0 Å². The Hall–Kier alpha value is -2.98. The van der Waals surface area contributed by atoms with E-state index in [0.717, 1.165) is 6.26 Å². The monoisotopic (exact) mass is 434 g/mol. The van der Waals surface area contributed by atoms with E-state index >= 15 is 0 Å². The summed E-state index contributed by atoms with van der Waals surface area (Å²) in [5.74, 6) is 0.126. The lowest BCUT2D eigenvalue weighted by Crippen LogP contribution is -2.20. The number of nitrogens with one attached hydrogen (secondary N) is 1. The van der Waals surface area contributed by atoms with E-state index in [-0.39, 0.29) is 17.3 Å². The van der Waals surface area contributed by atoms with E-state index in [0.29, 0.717) is 32.4 Å². The van der Waals surface area contributed by atoms with E-state index in [2.05, 4.69) is 10.3 Å². The molecule has 3 aromatic rings. The van der Waals surface area contributed by atoms with Crippen molar-refractivity contribution >= 4 is 48.2 Å². The number of sulfone groups is 1. The Kier molecular flexibility index (Phi) is 5.85. The predicted molar refractivity (Wildman–Crippen MR) is 110 cm³/mol. The van der Waals surface area contributed by atoms with Gasteiger partial charge in [-0.25, -0.2) is 13.4 Å². The molecule has 3 rings (SSSR count). The summed E-state index contributed by atoms with van der Waals surface area (Å²) in [7, 11) is -1.88. The Morgan fingerprint density at radius 2 is 1.90 bits per heavy atom. The number of carbonyl (C=O) groups excluding carboxylic acids is 2. The second-order valence-corrected chi connectivity index (χ2v) is 9.23. The molecule has 0 spiro atoms. The van der Waals surface area contributed by atoms with Crippen molar-refractivity contribution in [2.45, 2.75) is 11.8 Å². The Morgan fingerprint density at radius 1 is 1.14 bits per heavy atom. The van der Waals surface area contributed by atoms with Gasteiger partial charge in [-0.15, -0.1) is 0 Å². The fraction of sp³-hybridized carbons (Fsp3) is 0.211. The summed E-state index contributed by atoms with van der Waals surface area (Å²) in [6.45, 7) is 1.15. The molecule has 1 heterocycles. The van der Waals surface area contributed by atoms with Crippen LogP contribution in [0, 0.1) is 0 Å². The van der Waals surface area contributed by atoms with Crippen molar-refractivity contribution in [1.82, 2.24) is 4.98 Å². The molecule has 0 aliphatic rings. The van der Waals surface area contributed by atoms with Crippen molar-refractivity contribution in [3.63, 3.8) is 0 Å². The van der Waals surface area contributed by atoms with Gasteiger partial charge in [-0.1, -0.05) is 11.3 Å². The molecule has 2 aromatic carbocycles. The van der Waals surface area contributed by atoms with E-state index in [4.69, 9.17) is 9.47 Å². The first-order chi connectivity index (χ1) is 13.7. The molecule has 0 bridgehead atoms. The van der Waals surface area contributed by atoms with Gasteiger partial charge < -0.3 is 9.47 Å². The number of rotatable bonds is 7. The Morgan fingerprint density at radius 3 is 2.55 bits per heavy atom. The van der Waals surface area contributed by atoms with E-state index in [1.54, 1.807) is 24.3 Å². The summed E-state index contributed by atoms with van der Waals surface area (Å²) in [4.78, 5) is 28.1. The lowest BCUT2D eigenvalue weighted by molar-refractivity contribution is -0.118. The molecule has 0 saturated carbocycles. The van der Waals surface area contributed by atoms with Gasteiger partial charge in [0.05, 0.1) is 22.2 Å². The molecule has 10 heteroatoms. The van der Waals surface area contributed by atoms with Crippen molar-refractivity contribution in [2.24, 2.45) is 0 Å². The van der Waals surface area contributed by atoms with Gasteiger partial charge in [0.25, 0.3) is 5.91 Å². The Balaban J connectivity index is 1.69. The Bertz CT molecular complexity index is 1200. The van der Waals surface area contributed by atoms with Crippen molar-refractivity contribution in [3.8, 4) is 11.5 Å². The largest absolute Gasteiger partial charge is 0.493 e. The van der Waals surface area contributed by atoms with Gasteiger partial charge in [0, 0.05) is 11.8 Å². The molecule has 0 radical (unpaired) electrons. The maximum Gasteiger partial charge on any atom is 0.264 e. The molecule has 0 aliphatic heterocycles. The number of nitrogens with zero attached hydrogens (tertiary/aromatic N) is 1. The van der Waals surface area contributed by atoms with Gasteiger partial charge in [-0.2, -0.15) is 0 Å². The van der Waals surface area contributed by atoms with Crippen LogP contribution in [0.1, 0.15) is 17.3 Å². The van der Waals surface area contributed by atoms with Crippen molar-refractivity contribution in [3.05, 3.63) is 42.0 Å². The van der Waals surface area contributed by atoms with Gasteiger partial charge in [0.15, 0.2) is 38.9 Å². The normalized spacial score (nSPS) is 11.3. The first kappa shape index (κ1) is 20.7. The fourth-order valence-corrected chi connectivity index (χ4v) is 4.14. The number of hydrogen-bond acceptors (Lipinski definition) is 8. The highest BCUT2D eigenvalue weighted by atomic mass is 32.2. The third-order valence-electron chi connectivity index (χ3n) is 3.96. The van der Waals surface area contributed by atoms with Crippen LogP contribution in [-0.2, 0) is 14.6 Å². The maximum atomic E-state index is 12.2. The second kappa shape index (κ2) is 8.18. The second-order valence-electron chi connectivity index (χ2n) is 6.18. The number of hydrogen-bond donors (Lipinski definition) is 1. The number of Topliss-reactive ketones (excluding diaryl/α,β-unsaturated/α-hetero) is 1. The summed E-state index contributed by atoms with van der Waals surface area (Å²) in [5.41, 5.74) is 1.06. The van der Waals surface area contributed by atoms with Gasteiger partial charge >= 0.3 is 0 Å². The van der Waals surface area contributed by atoms with Crippen molar-refractivity contribution in [2.75, 3.05) is 25.3 Å². The number of benzene rings is 2. The van der Waals surface area contributed by atoms with Crippen LogP contribution < -0.4 is 14.8 Å². The molecule has 8 nitrogen and oxygen atoms in total. The first-order valence-corrected chi connectivity index (χ1v) is 11.1. The van der Waals surface area contributed by atoms with Crippen LogP contribution >= 0.6 is 11.3 Å². The molecular formula is C19H18N2O6S2. The third kappa shape index (κ3) is 4.90. The topological polar surface area (TPSA) is 112 Å². The van der Waals surface area contributed by atoms with Crippen molar-refractivity contribution < 1.29 is 27.5 Å². The zero-order valence-electron chi connectivity index (χ0n) is 15.9. The number of methoxy groups -OCH3 is 1. The number of thiazole rings is 1. The predicted octanol–water partition coefficient (Wildman–Crippen LogP) is 2.93. The average Bonchev–Trinajstić information content (AvgIpc) is 3.06. The van der Waals surface area contributed by atoms with Crippen LogP contribution in [-0.4, -0.2) is 45.1 Å². The van der Waals surface area contributed by atoms with Crippen LogP contribution in [0.3, 0.4) is 0 Å². The zero-order valence-corrected chi connectivity index (χ0v) is 17.5. The van der Waals surface area contributed by atoms with E-state index in [1.165, 1.54) is 37.5 Å². The number of ketones is 1. The summed E-state index contributed by atoms with van der Waals surface area (Å²) in [5, 5.41) is 2.96. The number of amides is 1. The quantitative estimate of drug-likeness (QED) is 0.569. The summed E-state index contributed by atoms with van der Waals surface area (Å²) in [6, 6.07) is 9.29. The molecule has 29 heavy (non-hydrogen) atoms. The molecule has 0 saturated heterocycles. The highest BCUT2D eigenvalue weighted by Gasteiger charge is 2.14. The Labute approximate surface area is 171 Å². The first-order valence-electron chi connectivity index (χ1n) is 8.39. The number of aromatic nitrogens is 1. The molecular weight excluding hydrogens is 416 g/mol. The van der Waals surface area contributed by atoms with Crippen LogP contribution in [0.2, 0.25) is 0 Å². The molecule has 152 valence electrons. The van der Waals surface area contributed by atoms with Gasteiger partial charge in [-0.3, -0.25) is 14.9 Å². The van der Waals surface area contributed by atoms with Crippen LogP contribution in [0.25, 0.3) is 10.2 Å². The number of carbonyl (C=O) groups is 2. The SMILES string of the molecule is COc1cc(C(C)=O)ccc1OCC(=O)Nc1nc2ccc(S(C)(=O)=O)cc2s1. The summed E-state index contributed by atoms with van der Waals surface area (Å²) < 4.78 is 34.6. The van der Waals surface area contributed by atoms with E-state index in [1.807, 2.05) is 0 Å².